The highest BCUT2D eigenvalue weighted by molar-refractivity contribution is 5.82. The number of amides is 2. The van der Waals surface area contributed by atoms with E-state index in [-0.39, 0.29) is 6.03 Å². The van der Waals surface area contributed by atoms with E-state index in [1.54, 1.807) is 19.4 Å². The zero-order valence-electron chi connectivity index (χ0n) is 10.1. The fraction of sp³-hybridized carbons (Fsp3) is 0.455. The molecule has 0 saturated heterocycles. The maximum absolute atomic E-state index is 11.9. The zero-order valence-corrected chi connectivity index (χ0v) is 10.1. The molecule has 6 heteroatoms. The standard InChI is InChI=1S/C11H16N2O4/c1-8(10(14)15)13(3)11(16)12(2)6-9-4-5-17-7-9/h4-5,7-8H,6H2,1-3H3,(H,14,15). The van der Waals surface area contributed by atoms with Crippen LogP contribution >= 0.6 is 0 Å². The molecule has 0 aliphatic carbocycles. The summed E-state index contributed by atoms with van der Waals surface area (Å²) in [5, 5.41) is 8.81. The number of nitrogens with zero attached hydrogens (tertiary/aromatic N) is 2. The lowest BCUT2D eigenvalue weighted by Crippen LogP contribution is -2.46. The SMILES string of the molecule is CC(C(=O)O)N(C)C(=O)N(C)Cc1ccoc1. The molecule has 0 bridgehead atoms. The molecule has 1 rings (SSSR count). The third kappa shape index (κ3) is 3.24. The molecule has 94 valence electrons. The van der Waals surface area contributed by atoms with Crippen LogP contribution < -0.4 is 0 Å². The number of carbonyl (C=O) groups is 2. The quantitative estimate of drug-likeness (QED) is 0.859. The maximum atomic E-state index is 11.9. The van der Waals surface area contributed by atoms with Crippen LogP contribution in [0.2, 0.25) is 0 Å². The number of carbonyl (C=O) groups excluding carboxylic acids is 1. The van der Waals surface area contributed by atoms with E-state index in [1.165, 1.54) is 30.0 Å². The summed E-state index contributed by atoms with van der Waals surface area (Å²) in [5.41, 5.74) is 0.859. The minimum Gasteiger partial charge on any atom is -0.480 e. The van der Waals surface area contributed by atoms with Crippen LogP contribution in [0.1, 0.15) is 12.5 Å². The minimum absolute atomic E-state index is 0.346. The number of carboxylic acid groups (broad SMARTS) is 1. The number of likely N-dealkylation sites (N-methyl/N-ethyl adjacent to an activating group) is 1. The summed E-state index contributed by atoms with van der Waals surface area (Å²) in [5.74, 6) is -1.03. The molecule has 1 unspecified atom stereocenters. The molecule has 2 amide bonds. The van der Waals surface area contributed by atoms with E-state index < -0.39 is 12.0 Å². The lowest BCUT2D eigenvalue weighted by atomic mass is 10.3. The number of hydrogen-bond acceptors (Lipinski definition) is 3. The molecule has 1 atom stereocenters. The molecule has 0 fully saturated rings. The van der Waals surface area contributed by atoms with Gasteiger partial charge in [-0.2, -0.15) is 0 Å². The Hall–Kier alpha value is -1.98. The molecule has 0 saturated carbocycles. The van der Waals surface area contributed by atoms with Crippen molar-refractivity contribution in [2.75, 3.05) is 14.1 Å². The topological polar surface area (TPSA) is 74.0 Å². The second kappa shape index (κ2) is 5.38. The summed E-state index contributed by atoms with van der Waals surface area (Å²) < 4.78 is 4.90. The molecular weight excluding hydrogens is 224 g/mol. The van der Waals surface area contributed by atoms with Crippen molar-refractivity contribution in [3.63, 3.8) is 0 Å². The molecule has 0 aliphatic rings. The number of furan rings is 1. The Kier molecular flexibility index (Phi) is 4.14. The normalized spacial score (nSPS) is 11.9. The Bertz CT molecular complexity index is 388. The summed E-state index contributed by atoms with van der Waals surface area (Å²) in [6.45, 7) is 1.85. The second-order valence-electron chi connectivity index (χ2n) is 3.90. The van der Waals surface area contributed by atoms with Crippen LogP contribution in [0.15, 0.2) is 23.0 Å². The molecular formula is C11H16N2O4. The van der Waals surface area contributed by atoms with Gasteiger partial charge in [0.2, 0.25) is 0 Å². The zero-order chi connectivity index (χ0) is 13.0. The van der Waals surface area contributed by atoms with Gasteiger partial charge in [-0.3, -0.25) is 0 Å². The van der Waals surface area contributed by atoms with Gasteiger partial charge in [0.25, 0.3) is 0 Å². The Morgan fingerprint density at radius 2 is 2.12 bits per heavy atom. The van der Waals surface area contributed by atoms with E-state index in [1.807, 2.05) is 0 Å². The first-order valence-corrected chi connectivity index (χ1v) is 5.15. The van der Waals surface area contributed by atoms with Gasteiger partial charge in [0.1, 0.15) is 6.04 Å². The van der Waals surface area contributed by atoms with E-state index in [2.05, 4.69) is 0 Å². The third-order valence-corrected chi connectivity index (χ3v) is 2.57. The Labute approximate surface area is 99.4 Å². The fourth-order valence-electron chi connectivity index (χ4n) is 1.32. The van der Waals surface area contributed by atoms with Crippen LogP contribution in [-0.2, 0) is 11.3 Å². The van der Waals surface area contributed by atoms with Gasteiger partial charge in [-0.1, -0.05) is 0 Å². The summed E-state index contributed by atoms with van der Waals surface area (Å²) in [6.07, 6.45) is 3.07. The molecule has 1 heterocycles. The van der Waals surface area contributed by atoms with Gasteiger partial charge in [0, 0.05) is 19.7 Å². The largest absolute Gasteiger partial charge is 0.480 e. The van der Waals surface area contributed by atoms with Crippen molar-refractivity contribution < 1.29 is 19.1 Å². The van der Waals surface area contributed by atoms with Crippen molar-refractivity contribution in [3.05, 3.63) is 24.2 Å². The number of urea groups is 1. The first-order chi connectivity index (χ1) is 7.93. The molecule has 1 N–H and O–H groups in total. The first kappa shape index (κ1) is 13.1. The van der Waals surface area contributed by atoms with E-state index in [0.717, 1.165) is 5.56 Å². The molecule has 1 aromatic heterocycles. The van der Waals surface area contributed by atoms with Gasteiger partial charge in [0.15, 0.2) is 0 Å². The Balaban J connectivity index is 2.60. The van der Waals surface area contributed by atoms with Crippen molar-refractivity contribution in [3.8, 4) is 0 Å². The van der Waals surface area contributed by atoms with Crippen LogP contribution in [0.5, 0.6) is 0 Å². The number of aliphatic carboxylic acids is 1. The van der Waals surface area contributed by atoms with Crippen LogP contribution in [-0.4, -0.2) is 47.0 Å². The van der Waals surface area contributed by atoms with Gasteiger partial charge in [-0.15, -0.1) is 0 Å². The summed E-state index contributed by atoms with van der Waals surface area (Å²) in [4.78, 5) is 25.2. The number of rotatable bonds is 4. The second-order valence-corrected chi connectivity index (χ2v) is 3.90. The monoisotopic (exact) mass is 240 g/mol. The van der Waals surface area contributed by atoms with E-state index >= 15 is 0 Å². The Morgan fingerprint density at radius 1 is 1.47 bits per heavy atom. The highest BCUT2D eigenvalue weighted by Gasteiger charge is 2.24. The fourth-order valence-corrected chi connectivity index (χ4v) is 1.32. The van der Waals surface area contributed by atoms with Gasteiger partial charge in [-0.25, -0.2) is 9.59 Å². The minimum atomic E-state index is -1.03. The van der Waals surface area contributed by atoms with Crippen LogP contribution in [0.3, 0.4) is 0 Å². The molecule has 6 nitrogen and oxygen atoms in total. The molecule has 0 spiro atoms. The van der Waals surface area contributed by atoms with Gasteiger partial charge in [0.05, 0.1) is 19.1 Å². The van der Waals surface area contributed by atoms with Crippen LogP contribution in [0, 0.1) is 0 Å². The van der Waals surface area contributed by atoms with Gasteiger partial charge in [-0.05, 0) is 13.0 Å². The lowest BCUT2D eigenvalue weighted by Gasteiger charge is -2.27. The van der Waals surface area contributed by atoms with E-state index in [4.69, 9.17) is 9.52 Å². The predicted octanol–water partition coefficient (Wildman–Crippen LogP) is 1.24. The maximum Gasteiger partial charge on any atom is 0.326 e. The molecule has 1 aromatic rings. The summed E-state index contributed by atoms with van der Waals surface area (Å²) in [7, 11) is 3.08. The first-order valence-electron chi connectivity index (χ1n) is 5.15. The smallest absolute Gasteiger partial charge is 0.326 e. The lowest BCUT2D eigenvalue weighted by molar-refractivity contribution is -0.141. The molecule has 17 heavy (non-hydrogen) atoms. The summed E-state index contributed by atoms with van der Waals surface area (Å²) >= 11 is 0. The van der Waals surface area contributed by atoms with Crippen molar-refractivity contribution in [2.24, 2.45) is 0 Å². The molecule has 0 aromatic carbocycles. The Morgan fingerprint density at radius 3 is 2.59 bits per heavy atom. The van der Waals surface area contributed by atoms with Crippen molar-refractivity contribution in [1.82, 2.24) is 9.80 Å². The average Bonchev–Trinajstić information content (AvgIpc) is 2.78. The highest BCUT2D eigenvalue weighted by atomic mass is 16.4. The average molecular weight is 240 g/mol. The van der Waals surface area contributed by atoms with Crippen molar-refractivity contribution in [1.29, 1.82) is 0 Å². The van der Waals surface area contributed by atoms with Crippen molar-refractivity contribution >= 4 is 12.0 Å². The van der Waals surface area contributed by atoms with E-state index in [9.17, 15) is 9.59 Å². The van der Waals surface area contributed by atoms with Crippen molar-refractivity contribution in [2.45, 2.75) is 19.5 Å². The highest BCUT2D eigenvalue weighted by Crippen LogP contribution is 2.07. The number of carboxylic acids is 1. The molecule has 0 radical (unpaired) electrons. The van der Waals surface area contributed by atoms with Gasteiger partial charge < -0.3 is 19.3 Å². The predicted molar refractivity (Wildman–Crippen MR) is 60.4 cm³/mol. The number of hydrogen-bond donors (Lipinski definition) is 1. The van der Waals surface area contributed by atoms with Gasteiger partial charge >= 0.3 is 12.0 Å². The third-order valence-electron chi connectivity index (χ3n) is 2.57. The van der Waals surface area contributed by atoms with Crippen LogP contribution in [0.4, 0.5) is 4.79 Å². The molecule has 0 aliphatic heterocycles. The summed E-state index contributed by atoms with van der Waals surface area (Å²) in [6, 6.07) is 0.556. The van der Waals surface area contributed by atoms with Crippen LogP contribution in [0.25, 0.3) is 0 Å². The van der Waals surface area contributed by atoms with E-state index in [0.29, 0.717) is 6.54 Å².